The van der Waals surface area contributed by atoms with Crippen molar-refractivity contribution < 1.29 is 13.5 Å². The molecule has 96 valence electrons. The van der Waals surface area contributed by atoms with Gasteiger partial charge in [-0.1, -0.05) is 6.92 Å². The van der Waals surface area contributed by atoms with Gasteiger partial charge in [0, 0.05) is 26.2 Å². The van der Waals surface area contributed by atoms with Crippen LogP contribution in [-0.4, -0.2) is 44.1 Å². The molecule has 1 rings (SSSR count). The van der Waals surface area contributed by atoms with Gasteiger partial charge < -0.3 is 5.11 Å². The molecule has 0 spiro atoms. The highest BCUT2D eigenvalue weighted by Crippen LogP contribution is 2.11. The van der Waals surface area contributed by atoms with Crippen LogP contribution in [0.5, 0.6) is 0 Å². The van der Waals surface area contributed by atoms with Crippen molar-refractivity contribution in [2.75, 3.05) is 26.2 Å². The van der Waals surface area contributed by atoms with Gasteiger partial charge in [-0.2, -0.15) is 12.7 Å². The van der Waals surface area contributed by atoms with E-state index in [1.54, 1.807) is 0 Å². The lowest BCUT2D eigenvalue weighted by Crippen LogP contribution is -2.39. The molecule has 6 heteroatoms. The molecule has 0 aromatic heterocycles. The number of hydrogen-bond donors (Lipinski definition) is 2. The molecule has 16 heavy (non-hydrogen) atoms. The van der Waals surface area contributed by atoms with E-state index in [4.69, 9.17) is 5.11 Å². The van der Waals surface area contributed by atoms with E-state index in [1.165, 1.54) is 4.31 Å². The second-order valence-electron chi connectivity index (χ2n) is 4.44. The molecule has 0 radical (unpaired) electrons. The van der Waals surface area contributed by atoms with E-state index in [1.807, 2.05) is 6.92 Å². The normalized spacial score (nSPS) is 20.1. The Bertz CT molecular complexity index is 286. The predicted octanol–water partition coefficient (Wildman–Crippen LogP) is 0.325. The maximum Gasteiger partial charge on any atom is 0.279 e. The number of nitrogens with one attached hydrogen (secondary N) is 1. The molecule has 0 aliphatic carbocycles. The van der Waals surface area contributed by atoms with Crippen LogP contribution in [0.15, 0.2) is 0 Å². The van der Waals surface area contributed by atoms with Gasteiger partial charge in [0.15, 0.2) is 0 Å². The minimum Gasteiger partial charge on any atom is -0.396 e. The molecule has 1 unspecified atom stereocenters. The Balaban J connectivity index is 2.20. The Labute approximate surface area is 98.0 Å². The zero-order valence-corrected chi connectivity index (χ0v) is 10.7. The first-order chi connectivity index (χ1) is 7.56. The van der Waals surface area contributed by atoms with Crippen molar-refractivity contribution in [1.29, 1.82) is 0 Å². The second kappa shape index (κ2) is 6.54. The average Bonchev–Trinajstić information content (AvgIpc) is 2.78. The average molecular weight is 250 g/mol. The highest BCUT2D eigenvalue weighted by molar-refractivity contribution is 7.87. The number of aliphatic hydroxyl groups excluding tert-OH is 1. The van der Waals surface area contributed by atoms with Crippen molar-refractivity contribution in [1.82, 2.24) is 9.03 Å². The van der Waals surface area contributed by atoms with Crippen LogP contribution in [0.25, 0.3) is 0 Å². The summed E-state index contributed by atoms with van der Waals surface area (Å²) in [6.45, 7) is 3.86. The Morgan fingerprint density at radius 3 is 2.56 bits per heavy atom. The highest BCUT2D eigenvalue weighted by Gasteiger charge is 2.24. The van der Waals surface area contributed by atoms with E-state index in [-0.39, 0.29) is 12.5 Å². The van der Waals surface area contributed by atoms with E-state index >= 15 is 0 Å². The van der Waals surface area contributed by atoms with E-state index in [2.05, 4.69) is 4.72 Å². The van der Waals surface area contributed by atoms with Crippen LogP contribution in [0.2, 0.25) is 0 Å². The molecule has 1 atom stereocenters. The standard InChI is InChI=1S/C10H22N2O3S/c1-10(9-13)5-4-6-11-16(14,15)12-7-2-3-8-12/h10-11,13H,2-9H2,1H3. The molecule has 0 aromatic carbocycles. The van der Waals surface area contributed by atoms with Crippen LogP contribution in [0.3, 0.4) is 0 Å². The zero-order chi connectivity index (χ0) is 12.0. The number of rotatable bonds is 7. The number of nitrogens with zero attached hydrogens (tertiary/aromatic N) is 1. The Hall–Kier alpha value is -0.170. The summed E-state index contributed by atoms with van der Waals surface area (Å²) >= 11 is 0. The minimum absolute atomic E-state index is 0.166. The van der Waals surface area contributed by atoms with Crippen LogP contribution in [0.1, 0.15) is 32.6 Å². The van der Waals surface area contributed by atoms with Crippen molar-refractivity contribution in [2.45, 2.75) is 32.6 Å². The van der Waals surface area contributed by atoms with Gasteiger partial charge in [-0.15, -0.1) is 0 Å². The van der Waals surface area contributed by atoms with E-state index < -0.39 is 10.2 Å². The van der Waals surface area contributed by atoms with Gasteiger partial charge in [-0.05, 0) is 31.6 Å². The van der Waals surface area contributed by atoms with Gasteiger partial charge >= 0.3 is 0 Å². The molecule has 0 aromatic rings. The molecule has 1 saturated heterocycles. The van der Waals surface area contributed by atoms with Crippen molar-refractivity contribution in [3.05, 3.63) is 0 Å². The van der Waals surface area contributed by atoms with E-state index in [0.717, 1.165) is 25.7 Å². The molecule has 5 nitrogen and oxygen atoms in total. The first-order valence-corrected chi connectivity index (χ1v) is 7.36. The SMILES string of the molecule is CC(CO)CCCNS(=O)(=O)N1CCCC1. The minimum atomic E-state index is -3.24. The third-order valence-electron chi connectivity index (χ3n) is 2.87. The van der Waals surface area contributed by atoms with Crippen LogP contribution in [0.4, 0.5) is 0 Å². The van der Waals surface area contributed by atoms with Crippen LogP contribution in [0, 0.1) is 5.92 Å². The highest BCUT2D eigenvalue weighted by atomic mass is 32.2. The molecule has 1 aliphatic rings. The second-order valence-corrected chi connectivity index (χ2v) is 6.19. The monoisotopic (exact) mass is 250 g/mol. The van der Waals surface area contributed by atoms with E-state index in [9.17, 15) is 8.42 Å². The summed E-state index contributed by atoms with van der Waals surface area (Å²) in [4.78, 5) is 0. The first-order valence-electron chi connectivity index (χ1n) is 5.92. The topological polar surface area (TPSA) is 69.6 Å². The summed E-state index contributed by atoms with van der Waals surface area (Å²) in [7, 11) is -3.24. The van der Waals surface area contributed by atoms with Gasteiger partial charge in [0.2, 0.25) is 0 Å². The maximum absolute atomic E-state index is 11.7. The molecule has 1 heterocycles. The fourth-order valence-corrected chi connectivity index (χ4v) is 3.09. The van der Waals surface area contributed by atoms with Crippen molar-refractivity contribution in [3.8, 4) is 0 Å². The quantitative estimate of drug-likeness (QED) is 0.640. The number of aliphatic hydroxyl groups is 1. The summed E-state index contributed by atoms with van der Waals surface area (Å²) in [6.07, 6.45) is 3.54. The largest absolute Gasteiger partial charge is 0.396 e. The summed E-state index contributed by atoms with van der Waals surface area (Å²) in [5, 5.41) is 8.82. The van der Waals surface area contributed by atoms with Crippen molar-refractivity contribution in [3.63, 3.8) is 0 Å². The molecule has 2 N–H and O–H groups in total. The van der Waals surface area contributed by atoms with Gasteiger partial charge in [0.1, 0.15) is 0 Å². The van der Waals surface area contributed by atoms with Crippen molar-refractivity contribution >= 4 is 10.2 Å². The molecular formula is C10H22N2O3S. The van der Waals surface area contributed by atoms with E-state index in [0.29, 0.717) is 19.6 Å². The summed E-state index contributed by atoms with van der Waals surface area (Å²) < 4.78 is 27.5. The van der Waals surface area contributed by atoms with Crippen LogP contribution < -0.4 is 4.72 Å². The van der Waals surface area contributed by atoms with Gasteiger partial charge in [0.05, 0.1) is 0 Å². The molecule has 0 saturated carbocycles. The summed E-state index contributed by atoms with van der Waals surface area (Å²) in [6, 6.07) is 0. The molecular weight excluding hydrogens is 228 g/mol. The fraction of sp³-hybridized carbons (Fsp3) is 1.00. The molecule has 1 aliphatic heterocycles. The molecule has 0 amide bonds. The smallest absolute Gasteiger partial charge is 0.279 e. The van der Waals surface area contributed by atoms with Crippen LogP contribution in [-0.2, 0) is 10.2 Å². The third-order valence-corrected chi connectivity index (χ3v) is 4.49. The third kappa shape index (κ3) is 4.37. The van der Waals surface area contributed by atoms with Crippen molar-refractivity contribution in [2.24, 2.45) is 5.92 Å². The lowest BCUT2D eigenvalue weighted by Gasteiger charge is -2.16. The predicted molar refractivity (Wildman–Crippen MR) is 63.2 cm³/mol. The molecule has 1 fully saturated rings. The Morgan fingerprint density at radius 2 is 2.00 bits per heavy atom. The Morgan fingerprint density at radius 1 is 1.38 bits per heavy atom. The van der Waals surface area contributed by atoms with Gasteiger partial charge in [-0.25, -0.2) is 4.72 Å². The zero-order valence-electron chi connectivity index (χ0n) is 9.85. The first kappa shape index (κ1) is 13.9. The molecule has 0 bridgehead atoms. The summed E-state index contributed by atoms with van der Waals surface area (Å²) in [5.74, 6) is 0.247. The lowest BCUT2D eigenvalue weighted by molar-refractivity contribution is 0.228. The van der Waals surface area contributed by atoms with Gasteiger partial charge in [-0.3, -0.25) is 0 Å². The number of hydrogen-bond acceptors (Lipinski definition) is 3. The lowest BCUT2D eigenvalue weighted by atomic mass is 10.1. The Kier molecular flexibility index (Phi) is 5.68. The fourth-order valence-electron chi connectivity index (χ4n) is 1.76. The maximum atomic E-state index is 11.7. The van der Waals surface area contributed by atoms with Crippen LogP contribution >= 0.6 is 0 Å². The van der Waals surface area contributed by atoms with Gasteiger partial charge in [0.25, 0.3) is 10.2 Å². The summed E-state index contributed by atoms with van der Waals surface area (Å²) in [5.41, 5.74) is 0.